The summed E-state index contributed by atoms with van der Waals surface area (Å²) in [5, 5.41) is 5.36. The summed E-state index contributed by atoms with van der Waals surface area (Å²) in [5.41, 5.74) is 1.04. The number of benzene rings is 2. The molecule has 39 heavy (non-hydrogen) atoms. The Morgan fingerprint density at radius 3 is 1.51 bits per heavy atom. The molecule has 0 aliphatic rings. The van der Waals surface area contributed by atoms with Crippen molar-refractivity contribution in [1.82, 2.24) is 4.72 Å². The zero-order valence-electron chi connectivity index (χ0n) is 23.6. The highest BCUT2D eigenvalue weighted by Crippen LogP contribution is 2.16. The SMILES string of the molecule is CCCCCCCCCCCCCCCCCC(=O)Nc1ccc(NC(=O)NS(=O)(=O)c2ccccc2)cc1. The number of rotatable bonds is 20. The maximum atomic E-state index is 12.2. The Labute approximate surface area is 235 Å². The molecule has 0 saturated heterocycles. The van der Waals surface area contributed by atoms with Crippen LogP contribution in [-0.4, -0.2) is 20.4 Å². The summed E-state index contributed by atoms with van der Waals surface area (Å²) in [5.74, 6) is -0.0305. The summed E-state index contributed by atoms with van der Waals surface area (Å²) in [6.07, 6.45) is 19.9. The number of carbonyl (C=O) groups excluding carboxylic acids is 2. The van der Waals surface area contributed by atoms with Gasteiger partial charge in [0, 0.05) is 17.8 Å². The van der Waals surface area contributed by atoms with E-state index in [-0.39, 0.29) is 10.8 Å². The van der Waals surface area contributed by atoms with Crippen molar-refractivity contribution in [3.63, 3.8) is 0 Å². The molecular weight excluding hydrogens is 510 g/mol. The molecule has 0 aliphatic heterocycles. The fourth-order valence-corrected chi connectivity index (χ4v) is 5.38. The van der Waals surface area contributed by atoms with Crippen LogP contribution < -0.4 is 15.4 Å². The van der Waals surface area contributed by atoms with E-state index in [0.717, 1.165) is 12.8 Å². The van der Waals surface area contributed by atoms with Crippen molar-refractivity contribution in [2.45, 2.75) is 115 Å². The maximum absolute atomic E-state index is 12.2. The first kappa shape index (κ1) is 32.3. The molecule has 0 heterocycles. The number of anilines is 2. The highest BCUT2D eigenvalue weighted by Gasteiger charge is 2.17. The Bertz CT molecular complexity index is 1060. The molecule has 2 rings (SSSR count). The first-order valence-electron chi connectivity index (χ1n) is 14.7. The van der Waals surface area contributed by atoms with Gasteiger partial charge < -0.3 is 10.6 Å². The van der Waals surface area contributed by atoms with Gasteiger partial charge >= 0.3 is 6.03 Å². The lowest BCUT2D eigenvalue weighted by Gasteiger charge is -2.10. The van der Waals surface area contributed by atoms with Crippen molar-refractivity contribution in [2.75, 3.05) is 10.6 Å². The number of amides is 3. The quantitative estimate of drug-likeness (QED) is 0.142. The van der Waals surface area contributed by atoms with Crippen molar-refractivity contribution in [1.29, 1.82) is 0 Å². The highest BCUT2D eigenvalue weighted by atomic mass is 32.2. The molecule has 0 atom stereocenters. The van der Waals surface area contributed by atoms with E-state index in [1.165, 1.54) is 95.6 Å². The minimum atomic E-state index is -3.95. The predicted molar refractivity (Wildman–Crippen MR) is 160 cm³/mol. The van der Waals surface area contributed by atoms with Gasteiger partial charge in [0.15, 0.2) is 0 Å². The number of nitrogens with one attached hydrogen (secondary N) is 3. The van der Waals surface area contributed by atoms with Crippen molar-refractivity contribution < 1.29 is 18.0 Å². The topological polar surface area (TPSA) is 104 Å². The second-order valence-electron chi connectivity index (χ2n) is 10.2. The number of sulfonamides is 1. The summed E-state index contributed by atoms with van der Waals surface area (Å²) in [7, 11) is -3.95. The van der Waals surface area contributed by atoms with Crippen LogP contribution in [0.1, 0.15) is 110 Å². The lowest BCUT2D eigenvalue weighted by molar-refractivity contribution is -0.116. The lowest BCUT2D eigenvalue weighted by Crippen LogP contribution is -2.34. The minimum Gasteiger partial charge on any atom is -0.326 e. The molecule has 8 heteroatoms. The molecule has 0 aliphatic carbocycles. The van der Waals surface area contributed by atoms with Crippen molar-refractivity contribution in [3.05, 3.63) is 54.6 Å². The van der Waals surface area contributed by atoms with E-state index in [9.17, 15) is 18.0 Å². The molecule has 7 nitrogen and oxygen atoms in total. The first-order valence-corrected chi connectivity index (χ1v) is 16.2. The molecule has 3 N–H and O–H groups in total. The Hall–Kier alpha value is -2.87. The van der Waals surface area contributed by atoms with Gasteiger partial charge in [0.25, 0.3) is 10.0 Å². The second-order valence-corrected chi connectivity index (χ2v) is 11.9. The second kappa shape index (κ2) is 19.2. The smallest absolute Gasteiger partial charge is 0.326 e. The third-order valence-electron chi connectivity index (χ3n) is 6.71. The monoisotopic (exact) mass is 557 g/mol. The van der Waals surface area contributed by atoms with Crippen LogP contribution in [0.4, 0.5) is 16.2 Å². The lowest BCUT2D eigenvalue weighted by atomic mass is 10.0. The predicted octanol–water partition coefficient (Wildman–Crippen LogP) is 8.40. The van der Waals surface area contributed by atoms with Crippen LogP contribution in [0.2, 0.25) is 0 Å². The third-order valence-corrected chi connectivity index (χ3v) is 8.06. The summed E-state index contributed by atoms with van der Waals surface area (Å²) >= 11 is 0. The Kier molecular flexibility index (Phi) is 15.9. The van der Waals surface area contributed by atoms with E-state index in [0.29, 0.717) is 17.8 Å². The third kappa shape index (κ3) is 14.7. The van der Waals surface area contributed by atoms with Gasteiger partial charge in [-0.25, -0.2) is 17.9 Å². The molecule has 216 valence electrons. The van der Waals surface area contributed by atoms with Gasteiger partial charge in [0.05, 0.1) is 4.90 Å². The molecule has 0 aromatic heterocycles. The van der Waals surface area contributed by atoms with Gasteiger partial charge in [-0.05, 0) is 42.8 Å². The maximum Gasteiger partial charge on any atom is 0.333 e. The number of unbranched alkanes of at least 4 members (excludes halogenated alkanes) is 14. The van der Waals surface area contributed by atoms with Crippen LogP contribution in [0.5, 0.6) is 0 Å². The van der Waals surface area contributed by atoms with E-state index >= 15 is 0 Å². The molecule has 2 aromatic carbocycles. The average Bonchev–Trinajstić information content (AvgIpc) is 2.92. The molecule has 0 unspecified atom stereocenters. The molecule has 0 spiro atoms. The largest absolute Gasteiger partial charge is 0.333 e. The van der Waals surface area contributed by atoms with E-state index in [1.807, 2.05) is 4.72 Å². The Balaban J connectivity index is 1.50. The summed E-state index contributed by atoms with van der Waals surface area (Å²) in [6.45, 7) is 2.26. The molecule has 2 aromatic rings. The van der Waals surface area contributed by atoms with Crippen LogP contribution in [0.15, 0.2) is 59.5 Å². The summed E-state index contributed by atoms with van der Waals surface area (Å²) in [6, 6.07) is 13.4. The normalized spacial score (nSPS) is 11.2. The standard InChI is InChI=1S/C31H47N3O4S/c1-2-3-4-5-6-7-8-9-10-11-12-13-14-15-19-22-30(35)32-27-23-25-28(26-24-27)33-31(36)34-39(37,38)29-20-17-16-18-21-29/h16-18,20-21,23-26H,2-15,19,22H2,1H3,(H,32,35)(H2,33,34,36). The van der Waals surface area contributed by atoms with Crippen LogP contribution in [0, 0.1) is 0 Å². The van der Waals surface area contributed by atoms with Crippen molar-refractivity contribution in [2.24, 2.45) is 0 Å². The van der Waals surface area contributed by atoms with Gasteiger partial charge in [-0.2, -0.15) is 0 Å². The highest BCUT2D eigenvalue weighted by molar-refractivity contribution is 7.90. The molecule has 0 fully saturated rings. The molecule has 0 saturated carbocycles. The molecular formula is C31H47N3O4S. The van der Waals surface area contributed by atoms with Crippen LogP contribution >= 0.6 is 0 Å². The van der Waals surface area contributed by atoms with Gasteiger partial charge in [0.1, 0.15) is 0 Å². The fraction of sp³-hybridized carbons (Fsp3) is 0.548. The Morgan fingerprint density at radius 2 is 1.03 bits per heavy atom. The van der Waals surface area contributed by atoms with Gasteiger partial charge in [0.2, 0.25) is 5.91 Å². The van der Waals surface area contributed by atoms with Crippen LogP contribution in [0.25, 0.3) is 0 Å². The van der Waals surface area contributed by atoms with E-state index < -0.39 is 16.1 Å². The van der Waals surface area contributed by atoms with E-state index in [1.54, 1.807) is 42.5 Å². The van der Waals surface area contributed by atoms with Gasteiger partial charge in [-0.15, -0.1) is 0 Å². The van der Waals surface area contributed by atoms with Gasteiger partial charge in [-0.1, -0.05) is 115 Å². The summed E-state index contributed by atoms with van der Waals surface area (Å²) < 4.78 is 26.5. The zero-order chi connectivity index (χ0) is 28.2. The van der Waals surface area contributed by atoms with E-state index in [4.69, 9.17) is 0 Å². The molecule has 0 radical (unpaired) electrons. The first-order chi connectivity index (χ1) is 18.9. The number of urea groups is 1. The number of hydrogen-bond acceptors (Lipinski definition) is 4. The summed E-state index contributed by atoms with van der Waals surface area (Å²) in [4.78, 5) is 24.4. The van der Waals surface area contributed by atoms with Crippen molar-refractivity contribution in [3.8, 4) is 0 Å². The zero-order valence-corrected chi connectivity index (χ0v) is 24.4. The van der Waals surface area contributed by atoms with Crippen LogP contribution in [-0.2, 0) is 14.8 Å². The fourth-order valence-electron chi connectivity index (χ4n) is 4.45. The minimum absolute atomic E-state index is 0.00675. The average molecular weight is 558 g/mol. The molecule has 0 bridgehead atoms. The Morgan fingerprint density at radius 1 is 0.590 bits per heavy atom. The van der Waals surface area contributed by atoms with Crippen molar-refractivity contribution >= 4 is 33.3 Å². The van der Waals surface area contributed by atoms with Crippen LogP contribution in [0.3, 0.4) is 0 Å². The number of hydrogen-bond donors (Lipinski definition) is 3. The van der Waals surface area contributed by atoms with E-state index in [2.05, 4.69) is 17.6 Å². The van der Waals surface area contributed by atoms with Gasteiger partial charge in [-0.3, -0.25) is 4.79 Å². The number of carbonyl (C=O) groups is 2. The molecule has 3 amide bonds.